The largest absolute Gasteiger partial charge is 0.477 e. The maximum atomic E-state index is 10.8. The molecule has 0 amide bonds. The van der Waals surface area contributed by atoms with Crippen molar-refractivity contribution in [2.75, 3.05) is 7.05 Å². The lowest BCUT2D eigenvalue weighted by Gasteiger charge is -2.11. The van der Waals surface area contributed by atoms with Gasteiger partial charge in [-0.3, -0.25) is 0 Å². The van der Waals surface area contributed by atoms with Crippen molar-refractivity contribution >= 4 is 5.97 Å². The SMILES string of the molecule is CNC(C)c1cccnc1C(=O)O. The molecule has 4 nitrogen and oxygen atoms in total. The number of carboxylic acids is 1. The van der Waals surface area contributed by atoms with E-state index in [4.69, 9.17) is 5.11 Å². The molecule has 2 N–H and O–H groups in total. The van der Waals surface area contributed by atoms with E-state index in [1.54, 1.807) is 19.2 Å². The minimum absolute atomic E-state index is 0.000185. The van der Waals surface area contributed by atoms with E-state index in [1.807, 2.05) is 6.92 Å². The van der Waals surface area contributed by atoms with Gasteiger partial charge in [-0.25, -0.2) is 9.78 Å². The Labute approximate surface area is 76.6 Å². The van der Waals surface area contributed by atoms with E-state index in [1.165, 1.54) is 6.20 Å². The summed E-state index contributed by atoms with van der Waals surface area (Å²) in [6.07, 6.45) is 1.48. The van der Waals surface area contributed by atoms with E-state index < -0.39 is 5.97 Å². The second-order valence-electron chi connectivity index (χ2n) is 2.76. The van der Waals surface area contributed by atoms with Gasteiger partial charge in [-0.15, -0.1) is 0 Å². The molecule has 1 aromatic heterocycles. The molecular formula is C9H12N2O2. The highest BCUT2D eigenvalue weighted by atomic mass is 16.4. The standard InChI is InChI=1S/C9H12N2O2/c1-6(10-2)7-4-3-5-11-8(7)9(12)13/h3-6,10H,1-2H3,(H,12,13). The van der Waals surface area contributed by atoms with Crippen molar-refractivity contribution in [1.82, 2.24) is 10.3 Å². The van der Waals surface area contributed by atoms with Gasteiger partial charge >= 0.3 is 5.97 Å². The molecule has 0 radical (unpaired) electrons. The Morgan fingerprint density at radius 3 is 2.92 bits per heavy atom. The molecule has 0 aromatic carbocycles. The number of pyridine rings is 1. The van der Waals surface area contributed by atoms with E-state index in [0.29, 0.717) is 5.56 Å². The molecule has 1 heterocycles. The highest BCUT2D eigenvalue weighted by Crippen LogP contribution is 2.14. The summed E-state index contributed by atoms with van der Waals surface area (Å²) in [5.41, 5.74) is 0.821. The first-order valence-corrected chi connectivity index (χ1v) is 4.02. The summed E-state index contributed by atoms with van der Waals surface area (Å²) < 4.78 is 0. The third-order valence-electron chi connectivity index (χ3n) is 1.94. The fourth-order valence-corrected chi connectivity index (χ4v) is 1.10. The molecule has 0 bridgehead atoms. The van der Waals surface area contributed by atoms with Gasteiger partial charge in [0.2, 0.25) is 0 Å². The van der Waals surface area contributed by atoms with Crippen LogP contribution >= 0.6 is 0 Å². The van der Waals surface area contributed by atoms with Crippen molar-refractivity contribution in [2.24, 2.45) is 0 Å². The molecule has 0 aliphatic carbocycles. The quantitative estimate of drug-likeness (QED) is 0.730. The molecule has 1 aromatic rings. The molecule has 1 unspecified atom stereocenters. The van der Waals surface area contributed by atoms with Gasteiger partial charge in [-0.1, -0.05) is 6.07 Å². The number of aromatic carboxylic acids is 1. The highest BCUT2D eigenvalue weighted by Gasteiger charge is 2.14. The molecule has 0 aliphatic rings. The van der Waals surface area contributed by atoms with Crippen LogP contribution in [-0.2, 0) is 0 Å². The van der Waals surface area contributed by atoms with Crippen LogP contribution in [0.25, 0.3) is 0 Å². The van der Waals surface area contributed by atoms with Crippen LogP contribution in [0.4, 0.5) is 0 Å². The zero-order valence-corrected chi connectivity index (χ0v) is 7.61. The molecular weight excluding hydrogens is 168 g/mol. The summed E-state index contributed by atoms with van der Waals surface area (Å²) in [4.78, 5) is 14.6. The van der Waals surface area contributed by atoms with Crippen LogP contribution < -0.4 is 5.32 Å². The monoisotopic (exact) mass is 180 g/mol. The average molecular weight is 180 g/mol. The molecule has 0 fully saturated rings. The van der Waals surface area contributed by atoms with Crippen LogP contribution in [0.15, 0.2) is 18.3 Å². The van der Waals surface area contributed by atoms with Gasteiger partial charge in [-0.2, -0.15) is 0 Å². The van der Waals surface area contributed by atoms with Gasteiger partial charge in [0.15, 0.2) is 5.69 Å². The summed E-state index contributed by atoms with van der Waals surface area (Å²) in [7, 11) is 1.78. The second-order valence-corrected chi connectivity index (χ2v) is 2.76. The normalized spacial score (nSPS) is 12.5. The third kappa shape index (κ3) is 2.03. The maximum absolute atomic E-state index is 10.8. The smallest absolute Gasteiger partial charge is 0.354 e. The second kappa shape index (κ2) is 4.00. The molecule has 13 heavy (non-hydrogen) atoms. The van der Waals surface area contributed by atoms with Crippen molar-refractivity contribution in [1.29, 1.82) is 0 Å². The van der Waals surface area contributed by atoms with Crippen molar-refractivity contribution < 1.29 is 9.90 Å². The van der Waals surface area contributed by atoms with Crippen molar-refractivity contribution in [2.45, 2.75) is 13.0 Å². The lowest BCUT2D eigenvalue weighted by atomic mass is 10.1. The molecule has 70 valence electrons. The highest BCUT2D eigenvalue weighted by molar-refractivity contribution is 5.87. The minimum Gasteiger partial charge on any atom is -0.477 e. The van der Waals surface area contributed by atoms with Gasteiger partial charge in [-0.05, 0) is 20.0 Å². The first-order chi connectivity index (χ1) is 6.16. The number of rotatable bonds is 3. The van der Waals surface area contributed by atoms with Gasteiger partial charge in [0.05, 0.1) is 0 Å². The lowest BCUT2D eigenvalue weighted by molar-refractivity contribution is 0.0688. The Balaban J connectivity index is 3.11. The third-order valence-corrected chi connectivity index (χ3v) is 1.94. The number of nitrogens with one attached hydrogen (secondary N) is 1. The zero-order valence-electron chi connectivity index (χ0n) is 7.61. The fraction of sp³-hybridized carbons (Fsp3) is 0.333. The van der Waals surface area contributed by atoms with Crippen molar-refractivity contribution in [3.63, 3.8) is 0 Å². The number of carboxylic acid groups (broad SMARTS) is 1. The van der Waals surface area contributed by atoms with Gasteiger partial charge in [0, 0.05) is 17.8 Å². The summed E-state index contributed by atoms with van der Waals surface area (Å²) in [6, 6.07) is 3.49. The van der Waals surface area contributed by atoms with Crippen LogP contribution in [0.5, 0.6) is 0 Å². The predicted octanol–water partition coefficient (Wildman–Crippen LogP) is 1.06. The summed E-state index contributed by atoms with van der Waals surface area (Å²) in [5, 5.41) is 11.8. The van der Waals surface area contributed by atoms with Gasteiger partial charge in [0.25, 0.3) is 0 Å². The first-order valence-electron chi connectivity index (χ1n) is 4.02. The Morgan fingerprint density at radius 2 is 2.38 bits per heavy atom. The minimum atomic E-state index is -0.988. The van der Waals surface area contributed by atoms with E-state index in [0.717, 1.165) is 0 Å². The van der Waals surface area contributed by atoms with Crippen LogP contribution in [0, 0.1) is 0 Å². The number of carbonyl (C=O) groups is 1. The number of nitrogens with zero attached hydrogens (tertiary/aromatic N) is 1. The molecule has 4 heteroatoms. The predicted molar refractivity (Wildman–Crippen MR) is 48.7 cm³/mol. The Bertz CT molecular complexity index is 312. The van der Waals surface area contributed by atoms with Crippen LogP contribution in [0.2, 0.25) is 0 Å². The Morgan fingerprint density at radius 1 is 1.69 bits per heavy atom. The topological polar surface area (TPSA) is 62.2 Å². The molecule has 0 aliphatic heterocycles. The number of aromatic nitrogens is 1. The Kier molecular flexibility index (Phi) is 2.97. The summed E-state index contributed by atoms with van der Waals surface area (Å²) in [6.45, 7) is 1.89. The molecule has 0 saturated heterocycles. The maximum Gasteiger partial charge on any atom is 0.354 e. The van der Waals surface area contributed by atoms with E-state index in [9.17, 15) is 4.79 Å². The summed E-state index contributed by atoms with van der Waals surface area (Å²) in [5.74, 6) is -0.988. The fourth-order valence-electron chi connectivity index (χ4n) is 1.10. The molecule has 1 atom stereocenters. The molecule has 0 saturated carbocycles. The summed E-state index contributed by atoms with van der Waals surface area (Å²) >= 11 is 0. The van der Waals surface area contributed by atoms with E-state index in [-0.39, 0.29) is 11.7 Å². The first kappa shape index (κ1) is 9.67. The lowest BCUT2D eigenvalue weighted by Crippen LogP contribution is -2.17. The van der Waals surface area contributed by atoms with Crippen LogP contribution in [-0.4, -0.2) is 23.1 Å². The van der Waals surface area contributed by atoms with Crippen LogP contribution in [0.1, 0.15) is 29.0 Å². The van der Waals surface area contributed by atoms with Crippen molar-refractivity contribution in [3.05, 3.63) is 29.6 Å². The van der Waals surface area contributed by atoms with E-state index >= 15 is 0 Å². The number of hydrogen-bond acceptors (Lipinski definition) is 3. The van der Waals surface area contributed by atoms with Crippen LogP contribution in [0.3, 0.4) is 0 Å². The molecule has 1 rings (SSSR count). The van der Waals surface area contributed by atoms with Crippen molar-refractivity contribution in [3.8, 4) is 0 Å². The zero-order chi connectivity index (χ0) is 9.84. The number of hydrogen-bond donors (Lipinski definition) is 2. The van der Waals surface area contributed by atoms with Gasteiger partial charge < -0.3 is 10.4 Å². The van der Waals surface area contributed by atoms with E-state index in [2.05, 4.69) is 10.3 Å². The Hall–Kier alpha value is -1.42. The molecule has 0 spiro atoms. The van der Waals surface area contributed by atoms with Gasteiger partial charge in [0.1, 0.15) is 0 Å². The average Bonchev–Trinajstić information content (AvgIpc) is 2.16.